The minimum absolute atomic E-state index is 0.282. The normalized spacial score (nSPS) is 19.2. The van der Waals surface area contributed by atoms with Crippen LogP contribution in [-0.2, 0) is 6.61 Å². The third-order valence-corrected chi connectivity index (χ3v) is 8.31. The van der Waals surface area contributed by atoms with Crippen molar-refractivity contribution in [2.75, 3.05) is 11.9 Å². The van der Waals surface area contributed by atoms with Gasteiger partial charge in [0.2, 0.25) is 0 Å². The molecule has 0 unspecified atom stereocenters. The number of halogens is 1. The minimum Gasteiger partial charge on any atom is -0.490 e. The molecule has 1 aliphatic heterocycles. The van der Waals surface area contributed by atoms with Gasteiger partial charge in [0.1, 0.15) is 6.61 Å². The van der Waals surface area contributed by atoms with Gasteiger partial charge in [-0.1, -0.05) is 72.3 Å². The van der Waals surface area contributed by atoms with Crippen LogP contribution in [0.5, 0.6) is 11.5 Å². The summed E-state index contributed by atoms with van der Waals surface area (Å²) < 4.78 is 12.9. The predicted octanol–water partition coefficient (Wildman–Crippen LogP) is 9.31. The second-order valence-corrected chi connectivity index (χ2v) is 11.3. The Balaban J connectivity index is 1.17. The van der Waals surface area contributed by atoms with Crippen LogP contribution in [0.3, 0.4) is 0 Å². The highest BCUT2D eigenvalue weighted by Crippen LogP contribution is 2.49. The molecular formula is C35H33BrN2O2. The van der Waals surface area contributed by atoms with Crippen molar-refractivity contribution >= 4 is 33.5 Å². The number of hydrogen-bond donors (Lipinski definition) is 1. The lowest BCUT2D eigenvalue weighted by atomic mass is 9.77. The molecule has 40 heavy (non-hydrogen) atoms. The number of anilines is 1. The topological polar surface area (TPSA) is 42.8 Å². The Bertz CT molecular complexity index is 1540. The molecule has 3 atom stereocenters. The predicted molar refractivity (Wildman–Crippen MR) is 167 cm³/mol. The van der Waals surface area contributed by atoms with Gasteiger partial charge in [0.25, 0.3) is 0 Å². The number of allylic oxidation sites excluding steroid dienone is 2. The Hall–Kier alpha value is -3.83. The number of aryl methyl sites for hydroxylation is 1. The average molecular weight is 594 g/mol. The first-order valence-electron chi connectivity index (χ1n) is 13.9. The molecule has 0 saturated heterocycles. The highest BCUT2D eigenvalue weighted by molar-refractivity contribution is 9.10. The van der Waals surface area contributed by atoms with Crippen LogP contribution in [0.1, 0.15) is 53.1 Å². The van der Waals surface area contributed by atoms with E-state index in [9.17, 15) is 0 Å². The summed E-state index contributed by atoms with van der Waals surface area (Å²) >= 11 is 3.69. The van der Waals surface area contributed by atoms with Gasteiger partial charge < -0.3 is 14.8 Å². The number of para-hydroxylation sites is 1. The summed E-state index contributed by atoms with van der Waals surface area (Å²) in [5, 5.41) is 3.81. The maximum Gasteiger partial charge on any atom is 0.175 e. The molecule has 2 aliphatic rings. The number of aliphatic imine (C=N–C) groups is 1. The summed E-state index contributed by atoms with van der Waals surface area (Å²) in [7, 11) is 0. The van der Waals surface area contributed by atoms with Crippen molar-refractivity contribution in [3.63, 3.8) is 0 Å². The standard InChI is InChI=1S/C35H33BrN2O2/c1-3-39-33-20-25(19-31(36)35(33)40-22-24-13-11-23(2)12-14-24)21-37-27-17-15-26(16-18-27)34-30-9-6-8-28(30)29-7-4-5-10-32(29)38-34/h4-8,10-21,28,30,34,38H,3,9,22H2,1-2H3/t28-,30+,34+/m1/s1. The van der Waals surface area contributed by atoms with Gasteiger partial charge in [0.05, 0.1) is 22.8 Å². The van der Waals surface area contributed by atoms with Gasteiger partial charge in [0.15, 0.2) is 11.5 Å². The van der Waals surface area contributed by atoms with Crippen molar-refractivity contribution in [2.24, 2.45) is 10.9 Å². The summed E-state index contributed by atoms with van der Waals surface area (Å²) in [6, 6.07) is 29.9. The first-order chi connectivity index (χ1) is 19.6. The number of nitrogens with one attached hydrogen (secondary N) is 1. The van der Waals surface area contributed by atoms with Crippen LogP contribution in [-0.4, -0.2) is 12.8 Å². The van der Waals surface area contributed by atoms with E-state index in [0.717, 1.165) is 27.7 Å². The van der Waals surface area contributed by atoms with E-state index < -0.39 is 0 Å². The van der Waals surface area contributed by atoms with E-state index in [1.807, 2.05) is 25.3 Å². The molecule has 0 spiro atoms. The summed E-state index contributed by atoms with van der Waals surface area (Å²) in [5.41, 5.74) is 8.13. The maximum absolute atomic E-state index is 6.16. The summed E-state index contributed by atoms with van der Waals surface area (Å²) in [6.45, 7) is 5.08. The van der Waals surface area contributed by atoms with Crippen molar-refractivity contribution < 1.29 is 9.47 Å². The molecule has 0 amide bonds. The molecule has 0 bridgehead atoms. The zero-order chi connectivity index (χ0) is 27.5. The van der Waals surface area contributed by atoms with Gasteiger partial charge in [-0.15, -0.1) is 0 Å². The third kappa shape index (κ3) is 5.57. The van der Waals surface area contributed by atoms with Crippen LogP contribution >= 0.6 is 15.9 Å². The highest BCUT2D eigenvalue weighted by atomic mass is 79.9. The molecule has 4 aromatic rings. The largest absolute Gasteiger partial charge is 0.490 e. The van der Waals surface area contributed by atoms with E-state index in [2.05, 4.69) is 113 Å². The van der Waals surface area contributed by atoms with Crippen molar-refractivity contribution in [2.45, 2.75) is 38.8 Å². The number of nitrogens with zero attached hydrogens (tertiary/aromatic N) is 1. The number of hydrogen-bond acceptors (Lipinski definition) is 4. The smallest absolute Gasteiger partial charge is 0.175 e. The van der Waals surface area contributed by atoms with Gasteiger partial charge in [0, 0.05) is 17.8 Å². The number of fused-ring (bicyclic) bond motifs is 3. The first-order valence-corrected chi connectivity index (χ1v) is 14.7. The maximum atomic E-state index is 6.16. The molecule has 6 rings (SSSR count). The SMILES string of the molecule is CCOc1cc(C=Nc2ccc([C@@H]3Nc4ccccc4[C@H]4C=CC[C@@H]43)cc2)cc(Br)c1OCc1ccc(C)cc1. The average Bonchev–Trinajstić information content (AvgIpc) is 3.47. The molecule has 0 fully saturated rings. The van der Waals surface area contributed by atoms with Crippen LogP contribution < -0.4 is 14.8 Å². The molecule has 0 radical (unpaired) electrons. The van der Waals surface area contributed by atoms with E-state index in [4.69, 9.17) is 14.5 Å². The lowest BCUT2D eigenvalue weighted by Crippen LogP contribution is -2.28. The molecule has 1 N–H and O–H groups in total. The molecule has 0 saturated carbocycles. The van der Waals surface area contributed by atoms with Crippen molar-refractivity contribution in [3.8, 4) is 11.5 Å². The second-order valence-electron chi connectivity index (χ2n) is 10.4. The summed E-state index contributed by atoms with van der Waals surface area (Å²) in [4.78, 5) is 4.76. The molecule has 1 heterocycles. The van der Waals surface area contributed by atoms with Gasteiger partial charge in [-0.25, -0.2) is 0 Å². The fourth-order valence-electron chi connectivity index (χ4n) is 5.70. The summed E-state index contributed by atoms with van der Waals surface area (Å²) in [6.07, 6.45) is 7.68. The van der Waals surface area contributed by atoms with Crippen molar-refractivity contribution in [1.29, 1.82) is 0 Å². The van der Waals surface area contributed by atoms with Crippen LogP contribution in [0.2, 0.25) is 0 Å². The van der Waals surface area contributed by atoms with E-state index in [-0.39, 0.29) is 6.04 Å². The number of rotatable bonds is 8. The Labute approximate surface area is 244 Å². The van der Waals surface area contributed by atoms with Gasteiger partial charge in [-0.05, 0) is 94.7 Å². The van der Waals surface area contributed by atoms with Gasteiger partial charge in [-0.2, -0.15) is 0 Å². The number of benzene rings is 4. The van der Waals surface area contributed by atoms with Crippen LogP contribution in [0.4, 0.5) is 11.4 Å². The fraction of sp³-hybridized carbons (Fsp3) is 0.229. The van der Waals surface area contributed by atoms with E-state index in [0.29, 0.717) is 36.5 Å². The molecule has 4 aromatic carbocycles. The lowest BCUT2D eigenvalue weighted by molar-refractivity contribution is 0.267. The Morgan fingerprint density at radius 2 is 1.77 bits per heavy atom. The molecule has 5 heteroatoms. The van der Waals surface area contributed by atoms with Crippen LogP contribution in [0.15, 0.2) is 107 Å². The monoisotopic (exact) mass is 592 g/mol. The Morgan fingerprint density at radius 3 is 2.58 bits per heavy atom. The molecule has 0 aromatic heterocycles. The molecule has 4 nitrogen and oxygen atoms in total. The second kappa shape index (κ2) is 11.7. The zero-order valence-corrected chi connectivity index (χ0v) is 24.4. The zero-order valence-electron chi connectivity index (χ0n) is 22.8. The van der Waals surface area contributed by atoms with Crippen LogP contribution in [0.25, 0.3) is 0 Å². The van der Waals surface area contributed by atoms with Crippen molar-refractivity contribution in [3.05, 3.63) is 129 Å². The Morgan fingerprint density at radius 1 is 0.975 bits per heavy atom. The molecule has 202 valence electrons. The van der Waals surface area contributed by atoms with E-state index >= 15 is 0 Å². The molecule has 1 aliphatic carbocycles. The van der Waals surface area contributed by atoms with E-state index in [1.165, 1.54) is 22.4 Å². The van der Waals surface area contributed by atoms with Crippen LogP contribution in [0, 0.1) is 12.8 Å². The fourth-order valence-corrected chi connectivity index (χ4v) is 6.27. The lowest BCUT2D eigenvalue weighted by Gasteiger charge is -2.37. The molecular weight excluding hydrogens is 560 g/mol. The number of ether oxygens (including phenoxy) is 2. The Kier molecular flexibility index (Phi) is 7.74. The highest BCUT2D eigenvalue weighted by Gasteiger charge is 2.37. The van der Waals surface area contributed by atoms with Gasteiger partial charge >= 0.3 is 0 Å². The van der Waals surface area contributed by atoms with Crippen molar-refractivity contribution in [1.82, 2.24) is 0 Å². The summed E-state index contributed by atoms with van der Waals surface area (Å²) in [5.74, 6) is 2.40. The van der Waals surface area contributed by atoms with E-state index in [1.54, 1.807) is 0 Å². The third-order valence-electron chi connectivity index (χ3n) is 7.72. The van der Waals surface area contributed by atoms with Gasteiger partial charge in [-0.3, -0.25) is 4.99 Å². The quantitative estimate of drug-likeness (QED) is 0.164. The minimum atomic E-state index is 0.282. The first kappa shape index (κ1) is 26.4.